The SMILES string of the molecule is COC(=O)c1c(NC(=O)c2cc(-c3ccc(OC)cc3)n[nH]2)sc(C(N)=O)c1C. The molecule has 29 heavy (non-hydrogen) atoms. The van der Waals surface area contributed by atoms with E-state index in [-0.39, 0.29) is 21.1 Å². The molecule has 0 unspecified atom stereocenters. The van der Waals surface area contributed by atoms with Crippen LogP contribution in [0.1, 0.15) is 36.1 Å². The van der Waals surface area contributed by atoms with Gasteiger partial charge < -0.3 is 20.5 Å². The van der Waals surface area contributed by atoms with Crippen molar-refractivity contribution in [3.05, 3.63) is 52.0 Å². The number of nitrogens with one attached hydrogen (secondary N) is 2. The Balaban J connectivity index is 1.87. The molecule has 0 spiro atoms. The van der Waals surface area contributed by atoms with Gasteiger partial charge in [0.05, 0.1) is 30.4 Å². The van der Waals surface area contributed by atoms with Gasteiger partial charge in [-0.25, -0.2) is 4.79 Å². The van der Waals surface area contributed by atoms with Gasteiger partial charge in [-0.3, -0.25) is 14.7 Å². The second kappa shape index (κ2) is 8.15. The van der Waals surface area contributed by atoms with E-state index in [2.05, 4.69) is 15.5 Å². The van der Waals surface area contributed by atoms with Crippen molar-refractivity contribution >= 4 is 34.1 Å². The number of methoxy groups -OCH3 is 2. The lowest BCUT2D eigenvalue weighted by molar-refractivity contribution is 0.0601. The first-order chi connectivity index (χ1) is 13.8. The van der Waals surface area contributed by atoms with E-state index in [1.54, 1.807) is 32.2 Å². The Bertz CT molecular complexity index is 1080. The van der Waals surface area contributed by atoms with Crippen molar-refractivity contribution in [3.8, 4) is 17.0 Å². The molecule has 2 amide bonds. The van der Waals surface area contributed by atoms with Gasteiger partial charge in [-0.1, -0.05) is 0 Å². The van der Waals surface area contributed by atoms with Crippen LogP contribution in [0.5, 0.6) is 5.75 Å². The number of nitrogens with two attached hydrogens (primary N) is 1. The highest BCUT2D eigenvalue weighted by atomic mass is 32.1. The van der Waals surface area contributed by atoms with Crippen molar-refractivity contribution in [3.63, 3.8) is 0 Å². The zero-order chi connectivity index (χ0) is 21.1. The number of H-pyrrole nitrogens is 1. The third kappa shape index (κ3) is 3.97. The third-order valence-electron chi connectivity index (χ3n) is 4.20. The number of aromatic amines is 1. The highest BCUT2D eigenvalue weighted by Crippen LogP contribution is 2.33. The van der Waals surface area contributed by atoms with E-state index in [9.17, 15) is 14.4 Å². The Kier molecular flexibility index (Phi) is 5.64. The van der Waals surface area contributed by atoms with Crippen LogP contribution < -0.4 is 15.8 Å². The normalized spacial score (nSPS) is 10.4. The number of ether oxygens (including phenoxy) is 2. The number of rotatable bonds is 6. The molecule has 0 aliphatic heterocycles. The number of esters is 1. The first-order valence-electron chi connectivity index (χ1n) is 8.38. The minimum atomic E-state index is -0.693. The molecule has 3 rings (SSSR count). The molecule has 0 fully saturated rings. The van der Waals surface area contributed by atoms with Gasteiger partial charge in [0, 0.05) is 5.56 Å². The topological polar surface area (TPSA) is 136 Å². The van der Waals surface area contributed by atoms with Crippen LogP contribution >= 0.6 is 11.3 Å². The maximum absolute atomic E-state index is 12.6. The molecule has 0 saturated heterocycles. The fourth-order valence-electron chi connectivity index (χ4n) is 2.70. The molecule has 9 nitrogen and oxygen atoms in total. The number of aromatic nitrogens is 2. The quantitative estimate of drug-likeness (QED) is 0.530. The van der Waals surface area contributed by atoms with Crippen LogP contribution in [-0.4, -0.2) is 42.2 Å². The second-order valence-corrected chi connectivity index (χ2v) is 6.99. The Morgan fingerprint density at radius 3 is 2.45 bits per heavy atom. The minimum absolute atomic E-state index is 0.0922. The van der Waals surface area contributed by atoms with E-state index in [0.29, 0.717) is 17.0 Å². The smallest absolute Gasteiger partial charge is 0.341 e. The number of carbonyl (C=O) groups is 3. The fraction of sp³-hybridized carbons (Fsp3) is 0.158. The number of primary amides is 1. The lowest BCUT2D eigenvalue weighted by atomic mass is 10.1. The van der Waals surface area contributed by atoms with Crippen LogP contribution in [0, 0.1) is 6.92 Å². The number of hydrogen-bond acceptors (Lipinski definition) is 7. The summed E-state index contributed by atoms with van der Waals surface area (Å²) in [5, 5.41) is 9.60. The second-order valence-electron chi connectivity index (χ2n) is 5.97. The van der Waals surface area contributed by atoms with Crippen molar-refractivity contribution in [2.75, 3.05) is 19.5 Å². The Hall–Kier alpha value is -3.66. The molecule has 10 heteroatoms. The summed E-state index contributed by atoms with van der Waals surface area (Å²) in [6, 6.07) is 8.77. The maximum atomic E-state index is 12.6. The van der Waals surface area contributed by atoms with Gasteiger partial charge in [0.15, 0.2) is 0 Å². The van der Waals surface area contributed by atoms with Gasteiger partial charge >= 0.3 is 5.97 Å². The van der Waals surface area contributed by atoms with E-state index in [4.69, 9.17) is 15.2 Å². The number of anilines is 1. The van der Waals surface area contributed by atoms with Gasteiger partial charge in [-0.2, -0.15) is 5.10 Å². The van der Waals surface area contributed by atoms with Crippen molar-refractivity contribution in [1.29, 1.82) is 0 Å². The summed E-state index contributed by atoms with van der Waals surface area (Å²) in [6.45, 7) is 1.57. The Morgan fingerprint density at radius 1 is 1.17 bits per heavy atom. The molecule has 4 N–H and O–H groups in total. The van der Waals surface area contributed by atoms with E-state index >= 15 is 0 Å². The molecule has 2 heterocycles. The van der Waals surface area contributed by atoms with Crippen LogP contribution in [0.2, 0.25) is 0 Å². The summed E-state index contributed by atoms with van der Waals surface area (Å²) in [7, 11) is 2.79. The third-order valence-corrected chi connectivity index (χ3v) is 5.42. The predicted octanol–water partition coefficient (Wildman–Crippen LogP) is 2.59. The highest BCUT2D eigenvalue weighted by molar-refractivity contribution is 7.18. The number of hydrogen-bond donors (Lipinski definition) is 3. The predicted molar refractivity (Wildman–Crippen MR) is 107 cm³/mol. The molecule has 2 aromatic heterocycles. The number of carbonyl (C=O) groups excluding carboxylic acids is 3. The summed E-state index contributed by atoms with van der Waals surface area (Å²) in [5.41, 5.74) is 7.33. The zero-order valence-electron chi connectivity index (χ0n) is 15.9. The van der Waals surface area contributed by atoms with Crippen molar-refractivity contribution in [1.82, 2.24) is 10.2 Å². The van der Waals surface area contributed by atoms with Crippen molar-refractivity contribution in [2.24, 2.45) is 5.73 Å². The largest absolute Gasteiger partial charge is 0.497 e. The average Bonchev–Trinajstić information content (AvgIpc) is 3.33. The molecule has 0 atom stereocenters. The lowest BCUT2D eigenvalue weighted by Gasteiger charge is -2.04. The van der Waals surface area contributed by atoms with Crippen molar-refractivity contribution in [2.45, 2.75) is 6.92 Å². The number of benzene rings is 1. The maximum Gasteiger partial charge on any atom is 0.341 e. The summed E-state index contributed by atoms with van der Waals surface area (Å²) in [5.74, 6) is -1.19. The van der Waals surface area contributed by atoms with Crippen LogP contribution in [0.15, 0.2) is 30.3 Å². The number of nitrogens with zero attached hydrogens (tertiary/aromatic N) is 1. The fourth-order valence-corrected chi connectivity index (χ4v) is 3.74. The number of amides is 2. The molecule has 150 valence electrons. The van der Waals surface area contributed by atoms with Crippen LogP contribution in [-0.2, 0) is 4.74 Å². The molecular formula is C19H18N4O5S. The molecule has 1 aromatic carbocycles. The molecule has 0 radical (unpaired) electrons. The molecule has 3 aromatic rings. The van der Waals surface area contributed by atoms with E-state index in [1.807, 2.05) is 12.1 Å². The zero-order valence-corrected chi connectivity index (χ0v) is 16.7. The summed E-state index contributed by atoms with van der Waals surface area (Å²) in [4.78, 5) is 36.5. The first kappa shape index (κ1) is 20.1. The van der Waals surface area contributed by atoms with E-state index in [0.717, 1.165) is 16.9 Å². The monoisotopic (exact) mass is 414 g/mol. The van der Waals surface area contributed by atoms with Crippen LogP contribution in [0.3, 0.4) is 0 Å². The summed E-state index contributed by atoms with van der Waals surface area (Å²) < 4.78 is 9.87. The van der Waals surface area contributed by atoms with Gasteiger partial charge in [0.2, 0.25) is 0 Å². The van der Waals surface area contributed by atoms with Gasteiger partial charge in [-0.05, 0) is 42.8 Å². The van der Waals surface area contributed by atoms with E-state index in [1.165, 1.54) is 7.11 Å². The first-order valence-corrected chi connectivity index (χ1v) is 9.20. The Morgan fingerprint density at radius 2 is 1.86 bits per heavy atom. The minimum Gasteiger partial charge on any atom is -0.497 e. The van der Waals surface area contributed by atoms with Gasteiger partial charge in [0.1, 0.15) is 16.4 Å². The number of thiophene rings is 1. The molecular weight excluding hydrogens is 396 g/mol. The summed E-state index contributed by atoms with van der Waals surface area (Å²) in [6.07, 6.45) is 0. The van der Waals surface area contributed by atoms with Crippen molar-refractivity contribution < 1.29 is 23.9 Å². The average molecular weight is 414 g/mol. The Labute approximate surface area is 169 Å². The lowest BCUT2D eigenvalue weighted by Crippen LogP contribution is -2.14. The van der Waals surface area contributed by atoms with Crippen LogP contribution in [0.25, 0.3) is 11.3 Å². The van der Waals surface area contributed by atoms with Gasteiger partial charge in [-0.15, -0.1) is 11.3 Å². The molecule has 0 bridgehead atoms. The molecule has 0 saturated carbocycles. The molecule has 0 aliphatic rings. The van der Waals surface area contributed by atoms with E-state index < -0.39 is 17.8 Å². The molecule has 0 aliphatic carbocycles. The standard InChI is InChI=1S/C19H18N4O5S/c1-9-14(19(26)28-3)18(29-15(9)16(20)24)21-17(25)13-8-12(22-23-13)10-4-6-11(27-2)7-5-10/h4-8H,1-3H3,(H2,20,24)(H,21,25)(H,22,23). The van der Waals surface area contributed by atoms with Gasteiger partial charge in [0.25, 0.3) is 11.8 Å². The highest BCUT2D eigenvalue weighted by Gasteiger charge is 2.26. The van der Waals surface area contributed by atoms with Crippen LogP contribution in [0.4, 0.5) is 5.00 Å². The summed E-state index contributed by atoms with van der Waals surface area (Å²) >= 11 is 0.913.